The maximum Gasteiger partial charge on any atom is 0.482 e. The van der Waals surface area contributed by atoms with E-state index in [9.17, 15) is 9.59 Å². The topological polar surface area (TPSA) is 101 Å². The van der Waals surface area contributed by atoms with Crippen LogP contribution in [-0.4, -0.2) is 60.9 Å². The number of likely N-dealkylation sites (tertiary alicyclic amines) is 1. The van der Waals surface area contributed by atoms with E-state index in [0.717, 1.165) is 24.8 Å². The zero-order valence-electron chi connectivity index (χ0n) is 21.4. The lowest BCUT2D eigenvalue weighted by Crippen LogP contribution is -2.65. The second-order valence-electron chi connectivity index (χ2n) is 11.6. The number of carbonyl (C=O) groups excluding carboxylic acids is 2. The van der Waals surface area contributed by atoms with Gasteiger partial charge in [-0.3, -0.25) is 4.79 Å². The number of benzene rings is 1. The number of hydrogen-bond acceptors (Lipinski definition) is 6. The summed E-state index contributed by atoms with van der Waals surface area (Å²) in [6.07, 6.45) is 3.03. The molecule has 2 saturated heterocycles. The number of hydrogen-bond donors (Lipinski definition) is 1. The summed E-state index contributed by atoms with van der Waals surface area (Å²) in [5, 5.41) is 11.9. The monoisotopic (exact) mass is 493 g/mol. The quantitative estimate of drug-likeness (QED) is 0.609. The maximum absolute atomic E-state index is 13.0. The van der Waals surface area contributed by atoms with Crippen molar-refractivity contribution < 1.29 is 23.6 Å². The third kappa shape index (κ3) is 4.61. The van der Waals surface area contributed by atoms with E-state index in [4.69, 9.17) is 19.3 Å². The number of nitrogens with zero attached hydrogens (tertiary/aromatic N) is 2. The molecule has 0 spiro atoms. The number of ether oxygens (including phenoxy) is 1. The van der Waals surface area contributed by atoms with Crippen LogP contribution in [0.5, 0.6) is 0 Å². The van der Waals surface area contributed by atoms with Crippen LogP contribution < -0.4 is 5.32 Å². The van der Waals surface area contributed by atoms with Crippen molar-refractivity contribution in [3.8, 4) is 6.07 Å². The molecule has 36 heavy (non-hydrogen) atoms. The number of nitriles is 1. The summed E-state index contributed by atoms with van der Waals surface area (Å²) < 4.78 is 18.9. The van der Waals surface area contributed by atoms with E-state index in [1.165, 1.54) is 0 Å². The van der Waals surface area contributed by atoms with Crippen molar-refractivity contribution in [1.82, 2.24) is 10.2 Å². The molecule has 6 rings (SSSR count). The van der Waals surface area contributed by atoms with Crippen LogP contribution in [-0.2, 0) is 25.3 Å². The lowest BCUT2D eigenvalue weighted by atomic mass is 9.43. The van der Waals surface area contributed by atoms with Crippen LogP contribution >= 0.6 is 0 Å². The molecule has 4 unspecified atom stereocenters. The second kappa shape index (κ2) is 9.72. The highest BCUT2D eigenvalue weighted by molar-refractivity contribution is 6.47. The zero-order chi connectivity index (χ0) is 25.5. The van der Waals surface area contributed by atoms with Crippen LogP contribution in [0.25, 0.3) is 0 Å². The standard InChI is InChI=1S/C27H36BN3O5/c1-26(2)19-15-21(26)27(3)22(16-19)35-28(36-27)23(14-18-8-5-4-6-9-18)30-25(33)34-20-10-7-13-31(17-20)24(32)11-12-29/h4-6,8-9,19-23H,7,10-11,13-17H2,1-3H3,(H,30,33)/t19?,20?,21?,22-,23?,27+/m1/s1. The molecule has 1 aromatic rings. The number of carbonyl (C=O) groups is 2. The average molecular weight is 493 g/mol. The van der Waals surface area contributed by atoms with Gasteiger partial charge < -0.3 is 24.3 Å². The van der Waals surface area contributed by atoms with Gasteiger partial charge in [-0.25, -0.2) is 4.79 Å². The Balaban J connectivity index is 1.26. The molecule has 3 saturated carbocycles. The van der Waals surface area contributed by atoms with E-state index in [1.54, 1.807) is 4.90 Å². The Morgan fingerprint density at radius 3 is 2.78 bits per heavy atom. The first-order chi connectivity index (χ1) is 17.2. The SMILES string of the molecule is CC1(C)C2CC1[C@]1(C)OB(C(Cc3ccccc3)NC(=O)OC3CCCN(C(=O)CC#N)C3)O[C@@H]1C2. The van der Waals surface area contributed by atoms with Crippen LogP contribution in [0.1, 0.15) is 58.4 Å². The van der Waals surface area contributed by atoms with Crippen LogP contribution in [0, 0.1) is 28.6 Å². The summed E-state index contributed by atoms with van der Waals surface area (Å²) in [4.78, 5) is 26.8. The third-order valence-electron chi connectivity index (χ3n) is 9.13. The summed E-state index contributed by atoms with van der Waals surface area (Å²) in [6.45, 7) is 7.73. The molecule has 192 valence electrons. The Morgan fingerprint density at radius 2 is 2.06 bits per heavy atom. The van der Waals surface area contributed by atoms with Crippen LogP contribution in [0.4, 0.5) is 4.79 Å². The van der Waals surface area contributed by atoms with Gasteiger partial charge in [-0.15, -0.1) is 0 Å². The fourth-order valence-electron chi connectivity index (χ4n) is 6.93. The molecule has 3 aliphatic carbocycles. The van der Waals surface area contributed by atoms with Crippen molar-refractivity contribution in [2.75, 3.05) is 13.1 Å². The Morgan fingerprint density at radius 1 is 1.28 bits per heavy atom. The second-order valence-corrected chi connectivity index (χ2v) is 11.6. The summed E-state index contributed by atoms with van der Waals surface area (Å²) in [5.74, 6) is 0.439. The van der Waals surface area contributed by atoms with Crippen molar-refractivity contribution in [3.63, 3.8) is 0 Å². The van der Waals surface area contributed by atoms with Gasteiger partial charge in [0.1, 0.15) is 12.5 Å². The van der Waals surface area contributed by atoms with E-state index in [2.05, 4.69) is 26.1 Å². The summed E-state index contributed by atoms with van der Waals surface area (Å²) in [5.41, 5.74) is 0.945. The molecule has 2 amide bonds. The Hall–Kier alpha value is -2.57. The first kappa shape index (κ1) is 25.1. The van der Waals surface area contributed by atoms with E-state index >= 15 is 0 Å². The maximum atomic E-state index is 13.0. The van der Waals surface area contributed by atoms with Crippen molar-refractivity contribution in [1.29, 1.82) is 5.26 Å². The van der Waals surface area contributed by atoms with Crippen molar-refractivity contribution in [3.05, 3.63) is 35.9 Å². The minimum absolute atomic E-state index is 0.0217. The normalized spacial score (nSPS) is 33.1. The van der Waals surface area contributed by atoms with Crippen molar-refractivity contribution in [2.45, 2.75) is 83.0 Å². The third-order valence-corrected chi connectivity index (χ3v) is 9.13. The van der Waals surface area contributed by atoms with Gasteiger partial charge >= 0.3 is 13.2 Å². The van der Waals surface area contributed by atoms with E-state index in [1.807, 2.05) is 36.4 Å². The van der Waals surface area contributed by atoms with E-state index < -0.39 is 25.3 Å². The number of amides is 2. The van der Waals surface area contributed by atoms with E-state index in [0.29, 0.717) is 37.8 Å². The lowest BCUT2D eigenvalue weighted by molar-refractivity contribution is -0.199. The molecule has 6 atom stereocenters. The van der Waals surface area contributed by atoms with Crippen molar-refractivity contribution in [2.24, 2.45) is 17.3 Å². The van der Waals surface area contributed by atoms with Gasteiger partial charge in [0.2, 0.25) is 5.91 Å². The number of alkyl carbamates (subject to hydrolysis) is 1. The Kier molecular flexibility index (Phi) is 6.77. The fraction of sp³-hybridized carbons (Fsp3) is 0.667. The predicted octanol–water partition coefficient (Wildman–Crippen LogP) is 3.50. The molecule has 0 aromatic heterocycles. The van der Waals surface area contributed by atoms with Gasteiger partial charge in [-0.1, -0.05) is 44.2 Å². The fourth-order valence-corrected chi connectivity index (χ4v) is 6.93. The van der Waals surface area contributed by atoms with Gasteiger partial charge in [0.15, 0.2) is 0 Å². The van der Waals surface area contributed by atoms with Gasteiger partial charge in [0, 0.05) is 6.54 Å². The molecule has 5 aliphatic rings. The minimum Gasteiger partial charge on any atom is -0.444 e. The molecule has 8 nitrogen and oxygen atoms in total. The molecular formula is C27H36BN3O5. The van der Waals surface area contributed by atoms with Gasteiger partial charge in [0.05, 0.1) is 30.3 Å². The summed E-state index contributed by atoms with van der Waals surface area (Å²) in [6, 6.07) is 11.9. The molecule has 1 N–H and O–H groups in total. The summed E-state index contributed by atoms with van der Waals surface area (Å²) >= 11 is 0. The molecule has 9 heteroatoms. The van der Waals surface area contributed by atoms with Gasteiger partial charge in [-0.2, -0.15) is 5.26 Å². The molecule has 0 radical (unpaired) electrons. The number of nitrogens with one attached hydrogen (secondary N) is 1. The van der Waals surface area contributed by atoms with E-state index in [-0.39, 0.29) is 29.4 Å². The van der Waals surface area contributed by atoms with Gasteiger partial charge in [0.25, 0.3) is 0 Å². The van der Waals surface area contributed by atoms with Gasteiger partial charge in [-0.05, 0) is 61.8 Å². The average Bonchev–Trinajstić information content (AvgIpc) is 3.21. The molecule has 5 fully saturated rings. The Bertz CT molecular complexity index is 1030. The highest BCUT2D eigenvalue weighted by Crippen LogP contribution is 2.65. The zero-order valence-corrected chi connectivity index (χ0v) is 21.4. The first-order valence-corrected chi connectivity index (χ1v) is 13.2. The number of piperidine rings is 1. The van der Waals surface area contributed by atoms with Crippen LogP contribution in [0.3, 0.4) is 0 Å². The van der Waals surface area contributed by atoms with Crippen LogP contribution in [0.15, 0.2) is 30.3 Å². The molecule has 2 bridgehead atoms. The lowest BCUT2D eigenvalue weighted by Gasteiger charge is -2.64. The predicted molar refractivity (Wildman–Crippen MR) is 133 cm³/mol. The Labute approximate surface area is 213 Å². The smallest absolute Gasteiger partial charge is 0.444 e. The highest BCUT2D eigenvalue weighted by atomic mass is 16.7. The highest BCUT2D eigenvalue weighted by Gasteiger charge is 2.68. The largest absolute Gasteiger partial charge is 0.482 e. The minimum atomic E-state index is -0.567. The molecular weight excluding hydrogens is 457 g/mol. The van der Waals surface area contributed by atoms with Crippen LogP contribution in [0.2, 0.25) is 0 Å². The van der Waals surface area contributed by atoms with Crippen molar-refractivity contribution >= 4 is 19.1 Å². The summed E-state index contributed by atoms with van der Waals surface area (Å²) in [7, 11) is -0.567. The molecule has 2 aliphatic heterocycles. The number of rotatable bonds is 6. The molecule has 1 aromatic carbocycles. The first-order valence-electron chi connectivity index (χ1n) is 13.2. The molecule has 2 heterocycles.